The minimum Gasteiger partial charge on any atom is -0.344 e. The molecule has 1 aliphatic rings. The van der Waals surface area contributed by atoms with Crippen LogP contribution in [0.15, 0.2) is 22.9 Å². The highest BCUT2D eigenvalue weighted by molar-refractivity contribution is 9.10. The SMILES string of the molecule is O=C1CCC(C(=O)Nc2cccnc2Br)N1. The van der Waals surface area contributed by atoms with Crippen molar-refractivity contribution in [3.63, 3.8) is 0 Å². The van der Waals surface area contributed by atoms with Crippen LogP contribution < -0.4 is 10.6 Å². The summed E-state index contributed by atoms with van der Waals surface area (Å²) in [6.45, 7) is 0. The highest BCUT2D eigenvalue weighted by Crippen LogP contribution is 2.19. The van der Waals surface area contributed by atoms with Gasteiger partial charge < -0.3 is 10.6 Å². The molecule has 6 heteroatoms. The van der Waals surface area contributed by atoms with Crippen LogP contribution >= 0.6 is 15.9 Å². The Morgan fingerprint density at radius 2 is 2.44 bits per heavy atom. The summed E-state index contributed by atoms with van der Waals surface area (Å²) in [6.07, 6.45) is 2.58. The van der Waals surface area contributed by atoms with Gasteiger partial charge in [0.2, 0.25) is 11.8 Å². The Bertz CT molecular complexity index is 436. The van der Waals surface area contributed by atoms with Crippen molar-refractivity contribution in [2.24, 2.45) is 0 Å². The third kappa shape index (κ3) is 2.38. The molecule has 2 heterocycles. The number of hydrogen-bond donors (Lipinski definition) is 2. The summed E-state index contributed by atoms with van der Waals surface area (Å²) in [5.74, 6) is -0.287. The number of halogens is 1. The third-order valence-electron chi connectivity index (χ3n) is 2.33. The highest BCUT2D eigenvalue weighted by Gasteiger charge is 2.27. The molecule has 1 aromatic heterocycles. The number of nitrogens with one attached hydrogen (secondary N) is 2. The second-order valence-electron chi connectivity index (χ2n) is 3.49. The molecule has 0 radical (unpaired) electrons. The van der Waals surface area contributed by atoms with Crippen LogP contribution in [0.4, 0.5) is 5.69 Å². The predicted molar refractivity (Wildman–Crippen MR) is 61.7 cm³/mol. The van der Waals surface area contributed by atoms with Crippen molar-refractivity contribution in [1.82, 2.24) is 10.3 Å². The van der Waals surface area contributed by atoms with Crippen LogP contribution in [0.5, 0.6) is 0 Å². The molecule has 0 aromatic carbocycles. The summed E-state index contributed by atoms with van der Waals surface area (Å²) < 4.78 is 0.577. The minimum atomic E-state index is -0.431. The Morgan fingerprint density at radius 3 is 3.06 bits per heavy atom. The van der Waals surface area contributed by atoms with E-state index in [2.05, 4.69) is 31.5 Å². The lowest BCUT2D eigenvalue weighted by Crippen LogP contribution is -2.37. The monoisotopic (exact) mass is 283 g/mol. The molecule has 5 nitrogen and oxygen atoms in total. The lowest BCUT2D eigenvalue weighted by Gasteiger charge is -2.11. The topological polar surface area (TPSA) is 71.1 Å². The summed E-state index contributed by atoms with van der Waals surface area (Å²) in [7, 11) is 0. The first-order valence-electron chi connectivity index (χ1n) is 4.87. The van der Waals surface area contributed by atoms with Gasteiger partial charge >= 0.3 is 0 Å². The maximum absolute atomic E-state index is 11.7. The van der Waals surface area contributed by atoms with Crippen LogP contribution in [-0.4, -0.2) is 22.8 Å². The number of carbonyl (C=O) groups is 2. The molecule has 0 aliphatic carbocycles. The van der Waals surface area contributed by atoms with E-state index in [0.29, 0.717) is 23.1 Å². The van der Waals surface area contributed by atoms with Gasteiger partial charge in [-0.25, -0.2) is 4.98 Å². The zero-order chi connectivity index (χ0) is 11.5. The van der Waals surface area contributed by atoms with Gasteiger partial charge in [0.05, 0.1) is 5.69 Å². The van der Waals surface area contributed by atoms with Crippen LogP contribution in [0.1, 0.15) is 12.8 Å². The van der Waals surface area contributed by atoms with E-state index in [1.54, 1.807) is 18.3 Å². The average molecular weight is 284 g/mol. The van der Waals surface area contributed by atoms with Gasteiger partial charge in [-0.05, 0) is 34.5 Å². The Labute approximate surface area is 101 Å². The second kappa shape index (κ2) is 4.61. The largest absolute Gasteiger partial charge is 0.344 e. The fourth-order valence-corrected chi connectivity index (χ4v) is 1.86. The highest BCUT2D eigenvalue weighted by atomic mass is 79.9. The van der Waals surface area contributed by atoms with Crippen LogP contribution in [0.25, 0.3) is 0 Å². The van der Waals surface area contributed by atoms with Gasteiger partial charge in [-0.3, -0.25) is 9.59 Å². The zero-order valence-electron chi connectivity index (χ0n) is 8.37. The molecule has 1 fully saturated rings. The number of aromatic nitrogens is 1. The molecule has 84 valence electrons. The molecular weight excluding hydrogens is 274 g/mol. The van der Waals surface area contributed by atoms with Crippen LogP contribution in [0, 0.1) is 0 Å². The molecule has 2 N–H and O–H groups in total. The van der Waals surface area contributed by atoms with Gasteiger partial charge in [0, 0.05) is 12.6 Å². The molecule has 1 unspecified atom stereocenters. The number of pyridine rings is 1. The van der Waals surface area contributed by atoms with E-state index >= 15 is 0 Å². The van der Waals surface area contributed by atoms with Gasteiger partial charge in [0.1, 0.15) is 10.6 Å². The number of anilines is 1. The second-order valence-corrected chi connectivity index (χ2v) is 4.24. The number of hydrogen-bond acceptors (Lipinski definition) is 3. The first kappa shape index (κ1) is 11.1. The van der Waals surface area contributed by atoms with E-state index in [-0.39, 0.29) is 11.8 Å². The standard InChI is InChI=1S/C10H10BrN3O2/c11-9-6(2-1-5-12-9)14-10(16)7-3-4-8(15)13-7/h1-2,5,7H,3-4H2,(H,13,15)(H,14,16). The van der Waals surface area contributed by atoms with Crippen molar-refractivity contribution in [2.45, 2.75) is 18.9 Å². The van der Waals surface area contributed by atoms with Gasteiger partial charge in [-0.1, -0.05) is 0 Å². The lowest BCUT2D eigenvalue weighted by atomic mass is 10.2. The quantitative estimate of drug-likeness (QED) is 0.798. The molecule has 2 amide bonds. The average Bonchev–Trinajstić information content (AvgIpc) is 2.68. The van der Waals surface area contributed by atoms with E-state index in [9.17, 15) is 9.59 Å². The molecule has 0 saturated carbocycles. The van der Waals surface area contributed by atoms with Gasteiger partial charge in [-0.15, -0.1) is 0 Å². The Hall–Kier alpha value is -1.43. The Kier molecular flexibility index (Phi) is 3.19. The maximum atomic E-state index is 11.7. The number of rotatable bonds is 2. The zero-order valence-corrected chi connectivity index (χ0v) is 9.95. The Morgan fingerprint density at radius 1 is 1.62 bits per heavy atom. The molecule has 0 spiro atoms. The van der Waals surface area contributed by atoms with Crippen LogP contribution in [-0.2, 0) is 9.59 Å². The smallest absolute Gasteiger partial charge is 0.247 e. The predicted octanol–water partition coefficient (Wildman–Crippen LogP) is 1.06. The number of amides is 2. The van der Waals surface area contributed by atoms with E-state index in [1.165, 1.54) is 0 Å². The summed E-state index contributed by atoms with van der Waals surface area (Å²) in [5, 5.41) is 5.32. The fourth-order valence-electron chi connectivity index (χ4n) is 1.51. The van der Waals surface area contributed by atoms with Crippen molar-refractivity contribution < 1.29 is 9.59 Å². The van der Waals surface area contributed by atoms with Crippen molar-refractivity contribution in [3.05, 3.63) is 22.9 Å². The summed E-state index contributed by atoms with van der Waals surface area (Å²) in [5.41, 5.74) is 0.605. The number of nitrogens with zero attached hydrogens (tertiary/aromatic N) is 1. The lowest BCUT2D eigenvalue weighted by molar-refractivity contribution is -0.122. The first-order chi connectivity index (χ1) is 7.66. The molecule has 16 heavy (non-hydrogen) atoms. The van der Waals surface area contributed by atoms with Gasteiger partial charge in [0.15, 0.2) is 0 Å². The normalized spacial score (nSPS) is 19.3. The van der Waals surface area contributed by atoms with E-state index < -0.39 is 6.04 Å². The summed E-state index contributed by atoms with van der Waals surface area (Å²) >= 11 is 3.23. The molecule has 1 aliphatic heterocycles. The number of carbonyl (C=O) groups excluding carboxylic acids is 2. The van der Waals surface area contributed by atoms with Crippen molar-refractivity contribution in [2.75, 3.05) is 5.32 Å². The molecule has 2 rings (SSSR count). The van der Waals surface area contributed by atoms with Gasteiger partial charge in [-0.2, -0.15) is 0 Å². The van der Waals surface area contributed by atoms with E-state index in [1.807, 2.05) is 0 Å². The van der Waals surface area contributed by atoms with E-state index in [0.717, 1.165) is 0 Å². The molecule has 0 bridgehead atoms. The van der Waals surface area contributed by atoms with Crippen LogP contribution in [0.2, 0.25) is 0 Å². The minimum absolute atomic E-state index is 0.0783. The van der Waals surface area contributed by atoms with Crippen molar-refractivity contribution >= 4 is 33.4 Å². The maximum Gasteiger partial charge on any atom is 0.247 e. The molecular formula is C10H10BrN3O2. The van der Waals surface area contributed by atoms with Crippen molar-refractivity contribution in [3.8, 4) is 0 Å². The third-order valence-corrected chi connectivity index (χ3v) is 2.96. The summed E-state index contributed by atoms with van der Waals surface area (Å²) in [6, 6.07) is 3.04. The van der Waals surface area contributed by atoms with Crippen LogP contribution in [0.3, 0.4) is 0 Å². The molecule has 1 saturated heterocycles. The van der Waals surface area contributed by atoms with Crippen molar-refractivity contribution in [1.29, 1.82) is 0 Å². The van der Waals surface area contributed by atoms with E-state index in [4.69, 9.17) is 0 Å². The Balaban J connectivity index is 2.03. The molecule has 1 aromatic rings. The first-order valence-corrected chi connectivity index (χ1v) is 5.67. The molecule has 1 atom stereocenters. The van der Waals surface area contributed by atoms with Gasteiger partial charge in [0.25, 0.3) is 0 Å². The fraction of sp³-hybridized carbons (Fsp3) is 0.300. The summed E-state index contributed by atoms with van der Waals surface area (Å²) in [4.78, 5) is 26.7.